The number of carbonyl (C=O) groups is 2. The van der Waals surface area contributed by atoms with Crippen LogP contribution in [0.15, 0.2) is 24.3 Å². The molecule has 2 aromatic carbocycles. The normalized spacial score (nSPS) is 13.8. The van der Waals surface area contributed by atoms with Crippen molar-refractivity contribution in [2.75, 3.05) is 43.0 Å². The molecule has 0 radical (unpaired) electrons. The molecule has 0 aliphatic carbocycles. The van der Waals surface area contributed by atoms with Gasteiger partial charge in [0.2, 0.25) is 5.91 Å². The third-order valence-electron chi connectivity index (χ3n) is 5.68. The van der Waals surface area contributed by atoms with Gasteiger partial charge in [0.15, 0.2) is 12.4 Å². The molecule has 6 nitrogen and oxygen atoms in total. The average molecular weight is 513 g/mol. The Morgan fingerprint density at radius 2 is 1.52 bits per heavy atom. The number of rotatable bonds is 7. The maximum Gasteiger partial charge on any atom is 0.262 e. The van der Waals surface area contributed by atoms with E-state index in [-0.39, 0.29) is 24.2 Å². The monoisotopic (exact) mass is 511 g/mol. The fraction of sp³-hybridized carbons (Fsp3) is 0.417. The molecular weight excluding hydrogens is 485 g/mol. The second-order valence-corrected chi connectivity index (χ2v) is 9.16. The van der Waals surface area contributed by atoms with E-state index in [0.29, 0.717) is 38.3 Å². The molecule has 1 N–H and O–H groups in total. The van der Waals surface area contributed by atoms with Crippen LogP contribution >= 0.6 is 34.8 Å². The van der Waals surface area contributed by atoms with Gasteiger partial charge in [0.1, 0.15) is 0 Å². The molecule has 33 heavy (non-hydrogen) atoms. The molecule has 0 saturated carbocycles. The zero-order valence-corrected chi connectivity index (χ0v) is 21.3. The van der Waals surface area contributed by atoms with Crippen LogP contribution in [0.4, 0.5) is 11.4 Å². The van der Waals surface area contributed by atoms with Crippen molar-refractivity contribution in [3.8, 4) is 5.75 Å². The van der Waals surface area contributed by atoms with Crippen molar-refractivity contribution in [1.29, 1.82) is 0 Å². The lowest BCUT2D eigenvalue weighted by molar-refractivity contribution is -0.131. The molecule has 1 saturated heterocycles. The number of anilines is 2. The SMILES string of the molecule is CCCC(=O)N1CCN(c2ccc(NC(=O)COc3c(Cl)c(C)c(Cl)c(C)c3Cl)cc2)CC1. The molecule has 0 bridgehead atoms. The summed E-state index contributed by atoms with van der Waals surface area (Å²) >= 11 is 18.8. The number of nitrogens with one attached hydrogen (secondary N) is 1. The van der Waals surface area contributed by atoms with Gasteiger partial charge in [-0.3, -0.25) is 9.59 Å². The number of benzene rings is 2. The van der Waals surface area contributed by atoms with Gasteiger partial charge in [-0.1, -0.05) is 41.7 Å². The van der Waals surface area contributed by atoms with E-state index in [9.17, 15) is 9.59 Å². The Morgan fingerprint density at radius 3 is 2.06 bits per heavy atom. The van der Waals surface area contributed by atoms with E-state index in [1.165, 1.54) is 0 Å². The summed E-state index contributed by atoms with van der Waals surface area (Å²) in [5.41, 5.74) is 3.02. The third-order valence-corrected chi connectivity index (χ3v) is 7.15. The number of carbonyl (C=O) groups excluding carboxylic acids is 2. The Hall–Kier alpha value is -2.15. The largest absolute Gasteiger partial charge is 0.481 e. The van der Waals surface area contributed by atoms with Crippen LogP contribution in [0.1, 0.15) is 30.9 Å². The lowest BCUT2D eigenvalue weighted by Crippen LogP contribution is -2.48. The minimum absolute atomic E-state index is 0.226. The molecule has 1 aliphatic heterocycles. The summed E-state index contributed by atoms with van der Waals surface area (Å²) in [4.78, 5) is 28.6. The zero-order chi connectivity index (χ0) is 24.1. The van der Waals surface area contributed by atoms with E-state index in [2.05, 4.69) is 10.2 Å². The van der Waals surface area contributed by atoms with E-state index < -0.39 is 0 Å². The Kier molecular flexibility index (Phi) is 8.74. The summed E-state index contributed by atoms with van der Waals surface area (Å²) < 4.78 is 5.61. The summed E-state index contributed by atoms with van der Waals surface area (Å²) in [7, 11) is 0. The van der Waals surface area contributed by atoms with Gasteiger partial charge in [-0.15, -0.1) is 0 Å². The minimum Gasteiger partial charge on any atom is -0.481 e. The molecule has 1 aliphatic rings. The Labute approximate surface area is 209 Å². The van der Waals surface area contributed by atoms with E-state index in [1.807, 2.05) is 36.1 Å². The molecule has 9 heteroatoms. The molecule has 2 amide bonds. The highest BCUT2D eigenvalue weighted by Gasteiger charge is 2.21. The van der Waals surface area contributed by atoms with Gasteiger partial charge < -0.3 is 19.9 Å². The van der Waals surface area contributed by atoms with Gasteiger partial charge in [-0.2, -0.15) is 0 Å². The Bertz CT molecular complexity index is 991. The highest BCUT2D eigenvalue weighted by Crippen LogP contribution is 2.42. The van der Waals surface area contributed by atoms with E-state index in [4.69, 9.17) is 39.5 Å². The first-order chi connectivity index (χ1) is 15.7. The molecule has 0 unspecified atom stereocenters. The van der Waals surface area contributed by atoms with Gasteiger partial charge in [-0.05, 0) is 55.7 Å². The maximum absolute atomic E-state index is 12.4. The molecule has 3 rings (SSSR count). The lowest BCUT2D eigenvalue weighted by atomic mass is 10.1. The molecule has 0 aromatic heterocycles. The highest BCUT2D eigenvalue weighted by molar-refractivity contribution is 6.42. The van der Waals surface area contributed by atoms with Crippen LogP contribution in [-0.4, -0.2) is 49.5 Å². The van der Waals surface area contributed by atoms with E-state index >= 15 is 0 Å². The Morgan fingerprint density at radius 1 is 0.939 bits per heavy atom. The van der Waals surface area contributed by atoms with E-state index in [0.717, 1.165) is 38.3 Å². The number of hydrogen-bond donors (Lipinski definition) is 1. The van der Waals surface area contributed by atoms with Crippen LogP contribution < -0.4 is 15.0 Å². The molecule has 0 spiro atoms. The molecule has 1 heterocycles. The van der Waals surface area contributed by atoms with Gasteiger partial charge in [-0.25, -0.2) is 0 Å². The highest BCUT2D eigenvalue weighted by atomic mass is 35.5. The smallest absolute Gasteiger partial charge is 0.262 e. The molecule has 178 valence electrons. The molecule has 2 aromatic rings. The zero-order valence-electron chi connectivity index (χ0n) is 19.0. The van der Waals surface area contributed by atoms with Crippen molar-refractivity contribution in [2.45, 2.75) is 33.6 Å². The third kappa shape index (κ3) is 6.05. The van der Waals surface area contributed by atoms with Crippen molar-refractivity contribution in [1.82, 2.24) is 4.90 Å². The first-order valence-corrected chi connectivity index (χ1v) is 12.0. The number of amides is 2. The van der Waals surface area contributed by atoms with Crippen molar-refractivity contribution in [2.24, 2.45) is 0 Å². The van der Waals surface area contributed by atoms with Crippen LogP contribution in [0, 0.1) is 13.8 Å². The topological polar surface area (TPSA) is 61.9 Å². The quantitative estimate of drug-likeness (QED) is 0.515. The second kappa shape index (κ2) is 11.3. The number of halogens is 3. The number of ether oxygens (including phenoxy) is 1. The van der Waals surface area contributed by atoms with Crippen molar-refractivity contribution in [3.05, 3.63) is 50.5 Å². The van der Waals surface area contributed by atoms with Crippen LogP contribution in [-0.2, 0) is 9.59 Å². The van der Waals surface area contributed by atoms with Crippen molar-refractivity contribution < 1.29 is 14.3 Å². The first kappa shape index (κ1) is 25.5. The summed E-state index contributed by atoms with van der Waals surface area (Å²) in [6.45, 7) is 8.34. The minimum atomic E-state index is -0.330. The Balaban J connectivity index is 1.54. The average Bonchev–Trinajstić information content (AvgIpc) is 2.82. The van der Waals surface area contributed by atoms with Crippen LogP contribution in [0.25, 0.3) is 0 Å². The molecular formula is C24H28Cl3N3O3. The first-order valence-electron chi connectivity index (χ1n) is 10.9. The maximum atomic E-state index is 12.4. The fourth-order valence-electron chi connectivity index (χ4n) is 3.71. The molecule has 1 fully saturated rings. The second-order valence-electron chi connectivity index (χ2n) is 8.02. The van der Waals surface area contributed by atoms with Gasteiger partial charge in [0.05, 0.1) is 10.0 Å². The summed E-state index contributed by atoms with van der Waals surface area (Å²) in [6.07, 6.45) is 1.48. The number of nitrogens with zero attached hydrogens (tertiary/aromatic N) is 2. The van der Waals surface area contributed by atoms with E-state index in [1.54, 1.807) is 13.8 Å². The standard InChI is InChI=1S/C24H28Cl3N3O3/c1-4-5-20(32)30-12-10-29(11-13-30)18-8-6-17(7-9-18)28-19(31)14-33-24-22(26)15(2)21(25)16(3)23(24)27/h6-9H,4-5,10-14H2,1-3H3,(H,28,31). The fourth-order valence-corrected chi connectivity index (χ4v) is 4.54. The van der Waals surface area contributed by atoms with Crippen molar-refractivity contribution in [3.63, 3.8) is 0 Å². The lowest BCUT2D eigenvalue weighted by Gasteiger charge is -2.36. The predicted octanol–water partition coefficient (Wildman–Crippen LogP) is 5.73. The van der Waals surface area contributed by atoms with Gasteiger partial charge in [0, 0.05) is 49.0 Å². The number of piperazine rings is 1. The van der Waals surface area contributed by atoms with Crippen LogP contribution in [0.5, 0.6) is 5.75 Å². The van der Waals surface area contributed by atoms with Crippen molar-refractivity contribution >= 4 is 58.0 Å². The van der Waals surface area contributed by atoms with Crippen LogP contribution in [0.3, 0.4) is 0 Å². The molecule has 0 atom stereocenters. The van der Waals surface area contributed by atoms with Gasteiger partial charge >= 0.3 is 0 Å². The number of hydrogen-bond acceptors (Lipinski definition) is 4. The summed E-state index contributed by atoms with van der Waals surface area (Å²) in [6, 6.07) is 7.61. The van der Waals surface area contributed by atoms with Gasteiger partial charge in [0.25, 0.3) is 5.91 Å². The summed E-state index contributed by atoms with van der Waals surface area (Å²) in [5, 5.41) is 3.88. The van der Waals surface area contributed by atoms with Crippen LogP contribution in [0.2, 0.25) is 15.1 Å². The summed E-state index contributed by atoms with van der Waals surface area (Å²) in [5.74, 6) is 0.145. The predicted molar refractivity (Wildman–Crippen MR) is 135 cm³/mol.